The van der Waals surface area contributed by atoms with Crippen molar-refractivity contribution in [2.45, 2.75) is 38.7 Å². The smallest absolute Gasteiger partial charge is 0.220 e. The highest BCUT2D eigenvalue weighted by Crippen LogP contribution is 2.14. The second kappa shape index (κ2) is 6.96. The monoisotopic (exact) mass is 237 g/mol. The minimum Gasteiger partial charge on any atom is -0.392 e. The molecule has 0 spiro atoms. The number of nitrogens with two attached hydrogens (primary N) is 1. The van der Waals surface area contributed by atoms with E-state index < -0.39 is 12.0 Å². The third-order valence-corrected chi connectivity index (χ3v) is 2.79. The number of primary amides is 1. The van der Waals surface area contributed by atoms with E-state index >= 15 is 0 Å². The number of hydrogen-bond donors (Lipinski definition) is 2. The van der Waals surface area contributed by atoms with Gasteiger partial charge in [0.2, 0.25) is 5.91 Å². The van der Waals surface area contributed by atoms with E-state index in [4.69, 9.17) is 5.73 Å². The zero-order valence-corrected chi connectivity index (χ0v) is 10.0. The minimum atomic E-state index is -0.644. The lowest BCUT2D eigenvalue weighted by molar-refractivity contribution is -0.120. The Morgan fingerprint density at radius 3 is 2.94 bits per heavy atom. The van der Waals surface area contributed by atoms with E-state index in [-0.39, 0.29) is 12.3 Å². The van der Waals surface area contributed by atoms with Crippen LogP contribution in [-0.4, -0.2) is 27.3 Å². The average Bonchev–Trinajstić information content (AvgIpc) is 2.29. The zero-order chi connectivity index (χ0) is 12.7. The Morgan fingerprint density at radius 2 is 2.35 bits per heavy atom. The molecule has 0 fully saturated rings. The summed E-state index contributed by atoms with van der Waals surface area (Å²) in [4.78, 5) is 10.7. The molecule has 2 atom stereocenters. The van der Waals surface area contributed by atoms with E-state index in [0.717, 1.165) is 25.0 Å². The zero-order valence-electron chi connectivity index (χ0n) is 10.0. The largest absolute Gasteiger partial charge is 0.392 e. The van der Waals surface area contributed by atoms with Crippen LogP contribution in [0.5, 0.6) is 0 Å². The lowest BCUT2D eigenvalue weighted by Crippen LogP contribution is -2.25. The van der Waals surface area contributed by atoms with Crippen molar-refractivity contribution in [2.24, 2.45) is 11.7 Å². The van der Waals surface area contributed by atoms with Crippen LogP contribution in [0.2, 0.25) is 0 Å². The highest BCUT2D eigenvalue weighted by molar-refractivity contribution is 5.74. The molecule has 0 unspecified atom stereocenters. The van der Waals surface area contributed by atoms with Gasteiger partial charge in [-0.05, 0) is 37.3 Å². The first kappa shape index (κ1) is 13.6. The lowest BCUT2D eigenvalue weighted by Gasteiger charge is -2.16. The molecule has 1 heterocycles. The van der Waals surface area contributed by atoms with Gasteiger partial charge in [-0.2, -0.15) is 10.2 Å². The molecular weight excluding hydrogens is 218 g/mol. The van der Waals surface area contributed by atoms with Crippen LogP contribution in [0.15, 0.2) is 18.3 Å². The number of carbonyl (C=O) groups is 1. The fourth-order valence-corrected chi connectivity index (χ4v) is 1.67. The Morgan fingerprint density at radius 1 is 1.59 bits per heavy atom. The molecule has 0 saturated carbocycles. The molecule has 94 valence electrons. The standard InChI is InChI=1S/C12H19N3O2/c1-9(11(16)8-12(13)17)4-2-5-10-6-3-7-14-15-10/h3,6-7,9,11,16H,2,4-5,8H2,1H3,(H2,13,17)/t9-,11+/m1/s1. The van der Waals surface area contributed by atoms with Crippen LogP contribution in [-0.2, 0) is 11.2 Å². The van der Waals surface area contributed by atoms with Crippen molar-refractivity contribution in [2.75, 3.05) is 0 Å². The van der Waals surface area contributed by atoms with Crippen molar-refractivity contribution in [3.63, 3.8) is 0 Å². The van der Waals surface area contributed by atoms with Gasteiger partial charge in [-0.15, -0.1) is 0 Å². The van der Waals surface area contributed by atoms with Gasteiger partial charge in [0, 0.05) is 6.20 Å². The maximum absolute atomic E-state index is 10.7. The molecule has 0 aliphatic heterocycles. The van der Waals surface area contributed by atoms with E-state index in [2.05, 4.69) is 10.2 Å². The predicted octanol–water partition coefficient (Wildman–Crippen LogP) is 0.672. The molecule has 1 aromatic heterocycles. The Balaban J connectivity index is 2.24. The van der Waals surface area contributed by atoms with Crippen molar-refractivity contribution in [3.05, 3.63) is 24.0 Å². The molecule has 0 bridgehead atoms. The van der Waals surface area contributed by atoms with Crippen molar-refractivity contribution in [1.82, 2.24) is 10.2 Å². The Labute approximate surface area is 101 Å². The summed E-state index contributed by atoms with van der Waals surface area (Å²) in [5, 5.41) is 17.4. The van der Waals surface area contributed by atoms with Gasteiger partial charge < -0.3 is 10.8 Å². The number of hydrogen-bond acceptors (Lipinski definition) is 4. The molecule has 0 saturated heterocycles. The molecule has 17 heavy (non-hydrogen) atoms. The van der Waals surface area contributed by atoms with Crippen LogP contribution in [0, 0.1) is 5.92 Å². The van der Waals surface area contributed by atoms with Crippen LogP contribution in [0.3, 0.4) is 0 Å². The van der Waals surface area contributed by atoms with E-state index in [0.29, 0.717) is 0 Å². The number of rotatable bonds is 7. The maximum atomic E-state index is 10.7. The fraction of sp³-hybridized carbons (Fsp3) is 0.583. The quantitative estimate of drug-likeness (QED) is 0.729. The first-order chi connectivity index (χ1) is 8.09. The van der Waals surface area contributed by atoms with Crippen molar-refractivity contribution >= 4 is 5.91 Å². The Kier molecular flexibility index (Phi) is 5.56. The van der Waals surface area contributed by atoms with Gasteiger partial charge in [0.05, 0.1) is 18.2 Å². The molecule has 0 radical (unpaired) electrons. The highest BCUT2D eigenvalue weighted by Gasteiger charge is 2.16. The summed E-state index contributed by atoms with van der Waals surface area (Å²) in [7, 11) is 0. The van der Waals surface area contributed by atoms with Gasteiger partial charge >= 0.3 is 0 Å². The van der Waals surface area contributed by atoms with Crippen LogP contribution in [0.25, 0.3) is 0 Å². The number of aryl methyl sites for hydroxylation is 1. The summed E-state index contributed by atoms with van der Waals surface area (Å²) in [5.41, 5.74) is 5.98. The Bertz CT molecular complexity index is 343. The number of aliphatic hydroxyl groups excluding tert-OH is 1. The average molecular weight is 237 g/mol. The van der Waals surface area contributed by atoms with E-state index in [1.54, 1.807) is 6.20 Å². The van der Waals surface area contributed by atoms with Crippen molar-refractivity contribution < 1.29 is 9.90 Å². The maximum Gasteiger partial charge on any atom is 0.220 e. The second-order valence-corrected chi connectivity index (χ2v) is 4.32. The summed E-state index contributed by atoms with van der Waals surface area (Å²) in [6, 6.07) is 3.78. The van der Waals surface area contributed by atoms with E-state index in [1.807, 2.05) is 19.1 Å². The molecule has 0 aromatic carbocycles. The van der Waals surface area contributed by atoms with Crippen LogP contribution in [0.1, 0.15) is 31.9 Å². The number of carbonyl (C=O) groups excluding carboxylic acids is 1. The van der Waals surface area contributed by atoms with Crippen LogP contribution >= 0.6 is 0 Å². The Hall–Kier alpha value is -1.49. The summed E-state index contributed by atoms with van der Waals surface area (Å²) >= 11 is 0. The van der Waals surface area contributed by atoms with Gasteiger partial charge in [0.1, 0.15) is 0 Å². The minimum absolute atomic E-state index is 0.0340. The third-order valence-electron chi connectivity index (χ3n) is 2.79. The van der Waals surface area contributed by atoms with Crippen LogP contribution < -0.4 is 5.73 Å². The molecule has 3 N–H and O–H groups in total. The van der Waals surface area contributed by atoms with Gasteiger partial charge in [0.15, 0.2) is 0 Å². The summed E-state index contributed by atoms with van der Waals surface area (Å²) in [5.74, 6) is -0.391. The molecule has 1 amide bonds. The predicted molar refractivity (Wildman–Crippen MR) is 64.0 cm³/mol. The SMILES string of the molecule is C[C@H](CCCc1cccnn1)[C@@H](O)CC(N)=O. The summed E-state index contributed by atoms with van der Waals surface area (Å²) in [6.07, 6.45) is 3.62. The van der Waals surface area contributed by atoms with Gasteiger partial charge in [-0.25, -0.2) is 0 Å². The van der Waals surface area contributed by atoms with Crippen molar-refractivity contribution in [1.29, 1.82) is 0 Å². The molecule has 1 rings (SSSR count). The number of amides is 1. The molecular formula is C12H19N3O2. The number of aliphatic hydroxyl groups is 1. The molecule has 0 aliphatic rings. The summed E-state index contributed by atoms with van der Waals surface area (Å²) in [6.45, 7) is 1.92. The van der Waals surface area contributed by atoms with Crippen molar-refractivity contribution in [3.8, 4) is 0 Å². The summed E-state index contributed by atoms with van der Waals surface area (Å²) < 4.78 is 0. The normalized spacial score (nSPS) is 14.2. The second-order valence-electron chi connectivity index (χ2n) is 4.32. The first-order valence-electron chi connectivity index (χ1n) is 5.82. The molecule has 5 nitrogen and oxygen atoms in total. The van der Waals surface area contributed by atoms with Gasteiger partial charge in [-0.1, -0.05) is 6.92 Å². The molecule has 5 heteroatoms. The van der Waals surface area contributed by atoms with E-state index in [1.165, 1.54) is 0 Å². The third kappa shape index (κ3) is 5.40. The van der Waals surface area contributed by atoms with E-state index in [9.17, 15) is 9.90 Å². The molecule has 0 aliphatic carbocycles. The first-order valence-corrected chi connectivity index (χ1v) is 5.82. The topological polar surface area (TPSA) is 89.1 Å². The fourth-order valence-electron chi connectivity index (χ4n) is 1.67. The highest BCUT2D eigenvalue weighted by atomic mass is 16.3. The van der Waals surface area contributed by atoms with Gasteiger partial charge in [-0.3, -0.25) is 4.79 Å². The number of nitrogens with zero attached hydrogens (tertiary/aromatic N) is 2. The van der Waals surface area contributed by atoms with Crippen LogP contribution in [0.4, 0.5) is 0 Å². The molecule has 1 aromatic rings. The number of aromatic nitrogens is 2. The lowest BCUT2D eigenvalue weighted by atomic mass is 9.95. The van der Waals surface area contributed by atoms with Gasteiger partial charge in [0.25, 0.3) is 0 Å².